The van der Waals surface area contributed by atoms with E-state index < -0.39 is 5.97 Å². The van der Waals surface area contributed by atoms with Gasteiger partial charge in [0.05, 0.1) is 22.6 Å². The Morgan fingerprint density at radius 3 is 2.71 bits per heavy atom. The van der Waals surface area contributed by atoms with Gasteiger partial charge in [-0.15, -0.1) is 16.4 Å². The van der Waals surface area contributed by atoms with E-state index in [0.29, 0.717) is 18.8 Å². The fourth-order valence-electron chi connectivity index (χ4n) is 2.10. The van der Waals surface area contributed by atoms with Crippen molar-refractivity contribution in [3.8, 4) is 0 Å². The second-order valence-corrected chi connectivity index (χ2v) is 7.96. The van der Waals surface area contributed by atoms with E-state index in [9.17, 15) is 4.79 Å². The zero-order valence-corrected chi connectivity index (χ0v) is 14.9. The molecule has 0 N–H and O–H groups in total. The van der Waals surface area contributed by atoms with Crippen molar-refractivity contribution in [2.45, 2.75) is 39.7 Å². The zero-order chi connectivity index (χ0) is 15.6. The van der Waals surface area contributed by atoms with Gasteiger partial charge in [0.1, 0.15) is 0 Å². The molecular formula is C14H18BrN3O2S. The SMILES string of the molecule is CCOC(=O)c1nnn(Cc2csc(Br)c2)c1C(C)(C)C. The minimum atomic E-state index is -0.417. The first-order valence-corrected chi connectivity index (χ1v) is 8.34. The van der Waals surface area contributed by atoms with Gasteiger partial charge in [-0.3, -0.25) is 0 Å². The van der Waals surface area contributed by atoms with Crippen LogP contribution in [-0.2, 0) is 16.7 Å². The van der Waals surface area contributed by atoms with Crippen molar-refractivity contribution in [1.82, 2.24) is 15.0 Å². The zero-order valence-electron chi connectivity index (χ0n) is 12.5. The van der Waals surface area contributed by atoms with E-state index in [4.69, 9.17) is 4.74 Å². The maximum atomic E-state index is 12.0. The molecule has 7 heteroatoms. The number of rotatable bonds is 4. The summed E-state index contributed by atoms with van der Waals surface area (Å²) in [7, 11) is 0. The summed E-state index contributed by atoms with van der Waals surface area (Å²) >= 11 is 5.07. The Balaban J connectivity index is 2.39. The Bertz CT molecular complexity index is 643. The molecule has 5 nitrogen and oxygen atoms in total. The minimum absolute atomic E-state index is 0.251. The molecule has 0 spiro atoms. The highest BCUT2D eigenvalue weighted by Crippen LogP contribution is 2.27. The van der Waals surface area contributed by atoms with Crippen LogP contribution in [0.25, 0.3) is 0 Å². The number of aromatic nitrogens is 3. The van der Waals surface area contributed by atoms with Crippen LogP contribution in [0.2, 0.25) is 0 Å². The summed E-state index contributed by atoms with van der Waals surface area (Å²) in [4.78, 5) is 12.0. The van der Waals surface area contributed by atoms with E-state index in [-0.39, 0.29) is 5.41 Å². The van der Waals surface area contributed by atoms with E-state index in [1.165, 1.54) is 0 Å². The van der Waals surface area contributed by atoms with Gasteiger partial charge < -0.3 is 4.74 Å². The second kappa shape index (κ2) is 6.27. The normalized spacial score (nSPS) is 11.7. The van der Waals surface area contributed by atoms with Crippen molar-refractivity contribution >= 4 is 33.2 Å². The van der Waals surface area contributed by atoms with Crippen molar-refractivity contribution in [2.75, 3.05) is 6.61 Å². The number of esters is 1. The van der Waals surface area contributed by atoms with Crippen LogP contribution >= 0.6 is 27.3 Å². The Morgan fingerprint density at radius 2 is 2.19 bits per heavy atom. The largest absolute Gasteiger partial charge is 0.461 e. The molecular weight excluding hydrogens is 354 g/mol. The average Bonchev–Trinajstić information content (AvgIpc) is 2.96. The smallest absolute Gasteiger partial charge is 0.360 e. The number of hydrogen-bond acceptors (Lipinski definition) is 5. The van der Waals surface area contributed by atoms with Gasteiger partial charge in [-0.2, -0.15) is 0 Å². The first-order valence-electron chi connectivity index (χ1n) is 6.67. The topological polar surface area (TPSA) is 57.0 Å². The molecule has 0 atom stereocenters. The average molecular weight is 372 g/mol. The van der Waals surface area contributed by atoms with Crippen LogP contribution in [0, 0.1) is 0 Å². The molecule has 0 radical (unpaired) electrons. The maximum Gasteiger partial charge on any atom is 0.360 e. The van der Waals surface area contributed by atoms with Gasteiger partial charge in [0, 0.05) is 5.41 Å². The third kappa shape index (κ3) is 3.71. The molecule has 0 amide bonds. The third-order valence-electron chi connectivity index (χ3n) is 2.87. The van der Waals surface area contributed by atoms with Crippen LogP contribution in [0.1, 0.15) is 49.4 Å². The molecule has 0 aliphatic rings. The van der Waals surface area contributed by atoms with Crippen LogP contribution in [0.15, 0.2) is 15.2 Å². The molecule has 2 rings (SSSR count). The molecule has 2 aromatic heterocycles. The van der Waals surface area contributed by atoms with Crippen LogP contribution in [0.5, 0.6) is 0 Å². The summed E-state index contributed by atoms with van der Waals surface area (Å²) in [5, 5.41) is 10.2. The summed E-state index contributed by atoms with van der Waals surface area (Å²) in [6.45, 7) is 8.80. The van der Waals surface area contributed by atoms with E-state index in [0.717, 1.165) is 15.0 Å². The predicted molar refractivity (Wildman–Crippen MR) is 85.8 cm³/mol. The first kappa shape index (κ1) is 16.2. The molecule has 0 fully saturated rings. The maximum absolute atomic E-state index is 12.0. The lowest BCUT2D eigenvalue weighted by Crippen LogP contribution is -2.23. The lowest BCUT2D eigenvalue weighted by Gasteiger charge is -2.20. The summed E-state index contributed by atoms with van der Waals surface area (Å²) in [6.07, 6.45) is 0. The molecule has 0 aromatic carbocycles. The molecule has 0 saturated heterocycles. The van der Waals surface area contributed by atoms with Crippen molar-refractivity contribution < 1.29 is 9.53 Å². The van der Waals surface area contributed by atoms with Crippen LogP contribution < -0.4 is 0 Å². The predicted octanol–water partition coefficient (Wildman–Crippen LogP) is 3.62. The molecule has 0 aliphatic heterocycles. The standard InChI is InChI=1S/C14H18BrN3O2S/c1-5-20-13(19)11-12(14(2,3)4)18(17-16-11)7-9-6-10(15)21-8-9/h6,8H,5,7H2,1-4H3. The molecule has 0 aliphatic carbocycles. The van der Waals surface area contributed by atoms with Crippen molar-refractivity contribution in [2.24, 2.45) is 0 Å². The van der Waals surface area contributed by atoms with Gasteiger partial charge >= 0.3 is 5.97 Å². The number of carbonyl (C=O) groups is 1. The highest BCUT2D eigenvalue weighted by molar-refractivity contribution is 9.11. The Hall–Kier alpha value is -1.21. The summed E-state index contributed by atoms with van der Waals surface area (Å²) in [6, 6.07) is 2.04. The lowest BCUT2D eigenvalue weighted by atomic mass is 9.90. The number of thiophene rings is 1. The van der Waals surface area contributed by atoms with E-state index >= 15 is 0 Å². The Morgan fingerprint density at radius 1 is 1.48 bits per heavy atom. The van der Waals surface area contributed by atoms with Gasteiger partial charge in [-0.1, -0.05) is 26.0 Å². The van der Waals surface area contributed by atoms with Crippen molar-refractivity contribution in [3.05, 3.63) is 32.2 Å². The van der Waals surface area contributed by atoms with E-state index in [1.54, 1.807) is 22.9 Å². The van der Waals surface area contributed by atoms with E-state index in [1.807, 2.05) is 26.8 Å². The molecule has 2 heterocycles. The Labute approximate surface area is 136 Å². The van der Waals surface area contributed by atoms with Gasteiger partial charge in [-0.05, 0) is 39.9 Å². The molecule has 114 valence electrons. The van der Waals surface area contributed by atoms with Gasteiger partial charge in [0.25, 0.3) is 0 Å². The highest BCUT2D eigenvalue weighted by atomic mass is 79.9. The molecule has 0 saturated carbocycles. The fourth-order valence-corrected chi connectivity index (χ4v) is 3.31. The molecule has 0 bridgehead atoms. The number of carbonyl (C=O) groups excluding carboxylic acids is 1. The number of halogens is 1. The monoisotopic (exact) mass is 371 g/mol. The van der Waals surface area contributed by atoms with Gasteiger partial charge in [-0.25, -0.2) is 9.48 Å². The quantitative estimate of drug-likeness (QED) is 0.770. The minimum Gasteiger partial charge on any atom is -0.461 e. The van der Waals surface area contributed by atoms with Crippen LogP contribution in [0.3, 0.4) is 0 Å². The van der Waals surface area contributed by atoms with Crippen LogP contribution in [0.4, 0.5) is 0 Å². The second-order valence-electron chi connectivity index (χ2n) is 5.67. The highest BCUT2D eigenvalue weighted by Gasteiger charge is 2.29. The number of hydrogen-bond donors (Lipinski definition) is 0. The number of ether oxygens (including phenoxy) is 1. The van der Waals surface area contributed by atoms with Crippen molar-refractivity contribution in [3.63, 3.8) is 0 Å². The Kier molecular flexibility index (Phi) is 4.83. The number of nitrogens with zero attached hydrogens (tertiary/aromatic N) is 3. The van der Waals surface area contributed by atoms with Crippen molar-refractivity contribution in [1.29, 1.82) is 0 Å². The van der Waals surface area contributed by atoms with Gasteiger partial charge in [0.15, 0.2) is 5.69 Å². The van der Waals surface area contributed by atoms with Crippen LogP contribution in [-0.4, -0.2) is 27.6 Å². The summed E-state index contributed by atoms with van der Waals surface area (Å²) < 4.78 is 7.92. The lowest BCUT2D eigenvalue weighted by molar-refractivity contribution is 0.0516. The van der Waals surface area contributed by atoms with E-state index in [2.05, 4.69) is 31.6 Å². The summed E-state index contributed by atoms with van der Waals surface area (Å²) in [5.74, 6) is -0.417. The molecule has 0 unspecified atom stereocenters. The molecule has 21 heavy (non-hydrogen) atoms. The fraction of sp³-hybridized carbons (Fsp3) is 0.500. The third-order valence-corrected chi connectivity index (χ3v) is 4.42. The molecule has 2 aromatic rings. The van der Waals surface area contributed by atoms with Gasteiger partial charge in [0.2, 0.25) is 0 Å². The first-order chi connectivity index (χ1) is 9.82. The summed E-state index contributed by atoms with van der Waals surface area (Å²) in [5.41, 5.74) is 1.97.